The van der Waals surface area contributed by atoms with Crippen LogP contribution < -0.4 is 4.74 Å². The van der Waals surface area contributed by atoms with Crippen molar-refractivity contribution in [2.24, 2.45) is 0 Å². The molecule has 7 aromatic rings. The number of rotatable bonds is 10. The Hall–Kier alpha value is -5.16. The van der Waals surface area contributed by atoms with Crippen molar-refractivity contribution in [2.75, 3.05) is 0 Å². The minimum Gasteiger partial charge on any atom is -0.457 e. The van der Waals surface area contributed by atoms with Gasteiger partial charge >= 0.3 is 0 Å². The van der Waals surface area contributed by atoms with E-state index in [4.69, 9.17) is 14.8 Å². The van der Waals surface area contributed by atoms with E-state index in [1.165, 1.54) is 38.6 Å². The molecule has 0 spiro atoms. The highest BCUT2D eigenvalue weighted by Gasteiger charge is 2.18. The predicted molar refractivity (Wildman–Crippen MR) is 194 cm³/mol. The van der Waals surface area contributed by atoms with Crippen molar-refractivity contribution in [3.63, 3.8) is 0 Å². The number of nitrogens with zero attached hydrogens (tertiary/aromatic N) is 4. The van der Waals surface area contributed by atoms with Crippen LogP contribution in [0.25, 0.3) is 44.4 Å². The molecule has 0 aliphatic rings. The zero-order valence-corrected chi connectivity index (χ0v) is 28.0. The van der Waals surface area contributed by atoms with Gasteiger partial charge in [0.1, 0.15) is 17.3 Å². The Morgan fingerprint density at radius 3 is 2.32 bits per heavy atom. The summed E-state index contributed by atoms with van der Waals surface area (Å²) in [5, 5.41) is 7.45. The van der Waals surface area contributed by atoms with Gasteiger partial charge in [0.25, 0.3) is 0 Å². The first-order valence-electron chi connectivity index (χ1n) is 16.9. The molecule has 5 nitrogen and oxygen atoms in total. The molecule has 0 amide bonds. The van der Waals surface area contributed by atoms with Gasteiger partial charge in [-0.15, -0.1) is 0 Å². The maximum atomic E-state index is 6.73. The van der Waals surface area contributed by atoms with E-state index in [2.05, 4.69) is 135 Å². The summed E-state index contributed by atoms with van der Waals surface area (Å²) in [4.78, 5) is 4.79. The lowest BCUT2D eigenvalue weighted by molar-refractivity contribution is 0.482. The van der Waals surface area contributed by atoms with Crippen LogP contribution in [0.15, 0.2) is 103 Å². The third-order valence-electron chi connectivity index (χ3n) is 9.08. The quantitative estimate of drug-likeness (QED) is 0.153. The monoisotopic (exact) mass is 618 g/mol. The van der Waals surface area contributed by atoms with Gasteiger partial charge in [-0.25, -0.2) is 9.67 Å². The van der Waals surface area contributed by atoms with Gasteiger partial charge in [-0.2, -0.15) is 5.10 Å². The van der Waals surface area contributed by atoms with Crippen LogP contribution in [0.2, 0.25) is 0 Å². The molecule has 0 aliphatic carbocycles. The van der Waals surface area contributed by atoms with Gasteiger partial charge in [0.05, 0.1) is 22.4 Å². The van der Waals surface area contributed by atoms with Gasteiger partial charge in [0, 0.05) is 40.4 Å². The van der Waals surface area contributed by atoms with Crippen molar-refractivity contribution in [3.8, 4) is 34.1 Å². The SMILES string of the molecule is CCCCc1cc(Oc2ccc3c4cc(CCC)ccc4n(-c4cc(C)ccn4)c3c2)cc(-n2nc(C)c(-c3ccccc3)c2C)c1. The first kappa shape index (κ1) is 30.5. The van der Waals surface area contributed by atoms with E-state index in [0.717, 1.165) is 77.5 Å². The lowest BCUT2D eigenvalue weighted by atomic mass is 10.0. The highest BCUT2D eigenvalue weighted by atomic mass is 16.5. The van der Waals surface area contributed by atoms with E-state index in [0.29, 0.717) is 0 Å². The summed E-state index contributed by atoms with van der Waals surface area (Å²) in [5.41, 5.74) is 11.5. The van der Waals surface area contributed by atoms with E-state index < -0.39 is 0 Å². The molecule has 0 saturated heterocycles. The van der Waals surface area contributed by atoms with E-state index in [-0.39, 0.29) is 0 Å². The Labute approximate surface area is 277 Å². The van der Waals surface area contributed by atoms with Gasteiger partial charge in [0.2, 0.25) is 0 Å². The summed E-state index contributed by atoms with van der Waals surface area (Å²) in [6.07, 6.45) is 7.30. The molecule has 47 heavy (non-hydrogen) atoms. The van der Waals surface area contributed by atoms with E-state index in [1.54, 1.807) is 0 Å². The Morgan fingerprint density at radius 1 is 0.681 bits per heavy atom. The molecular formula is C42H42N4O. The van der Waals surface area contributed by atoms with Crippen LogP contribution in [0, 0.1) is 20.8 Å². The molecule has 4 aromatic carbocycles. The second-order valence-corrected chi connectivity index (χ2v) is 12.7. The van der Waals surface area contributed by atoms with Crippen LogP contribution in [0.1, 0.15) is 61.2 Å². The largest absolute Gasteiger partial charge is 0.457 e. The zero-order chi connectivity index (χ0) is 32.5. The molecule has 0 bridgehead atoms. The average Bonchev–Trinajstić information content (AvgIpc) is 3.56. The molecule has 0 aliphatic heterocycles. The van der Waals surface area contributed by atoms with E-state index in [9.17, 15) is 0 Å². The smallest absolute Gasteiger partial charge is 0.137 e. The molecule has 0 radical (unpaired) electrons. The summed E-state index contributed by atoms with van der Waals surface area (Å²) in [5.74, 6) is 2.51. The van der Waals surface area contributed by atoms with Crippen molar-refractivity contribution in [3.05, 3.63) is 131 Å². The molecule has 0 N–H and O–H groups in total. The van der Waals surface area contributed by atoms with Crippen molar-refractivity contribution in [2.45, 2.75) is 66.7 Å². The number of hydrogen-bond acceptors (Lipinski definition) is 3. The van der Waals surface area contributed by atoms with Crippen LogP contribution in [-0.2, 0) is 12.8 Å². The third-order valence-corrected chi connectivity index (χ3v) is 9.08. The third kappa shape index (κ3) is 5.94. The Balaban J connectivity index is 1.34. The fourth-order valence-electron chi connectivity index (χ4n) is 6.85. The number of pyridine rings is 1. The number of fused-ring (bicyclic) bond motifs is 3. The molecule has 0 fully saturated rings. The topological polar surface area (TPSA) is 44.9 Å². The molecule has 0 unspecified atom stereocenters. The van der Waals surface area contributed by atoms with Crippen molar-refractivity contribution in [1.82, 2.24) is 19.3 Å². The van der Waals surface area contributed by atoms with E-state index >= 15 is 0 Å². The molecule has 236 valence electrons. The first-order valence-corrected chi connectivity index (χ1v) is 16.9. The highest BCUT2D eigenvalue weighted by molar-refractivity contribution is 6.09. The van der Waals surface area contributed by atoms with Crippen molar-refractivity contribution >= 4 is 21.8 Å². The minimum absolute atomic E-state index is 0.792. The predicted octanol–water partition coefficient (Wildman–Crippen LogP) is 11.0. The zero-order valence-electron chi connectivity index (χ0n) is 28.0. The summed E-state index contributed by atoms with van der Waals surface area (Å²) in [7, 11) is 0. The Bertz CT molecular complexity index is 2210. The maximum absolute atomic E-state index is 6.73. The fourth-order valence-corrected chi connectivity index (χ4v) is 6.85. The first-order chi connectivity index (χ1) is 22.9. The van der Waals surface area contributed by atoms with Crippen LogP contribution in [0.3, 0.4) is 0 Å². The number of aryl methyl sites for hydroxylation is 4. The molecule has 5 heteroatoms. The Kier molecular flexibility index (Phi) is 8.38. The van der Waals surface area contributed by atoms with E-state index in [1.807, 2.05) is 12.3 Å². The van der Waals surface area contributed by atoms with Gasteiger partial charge < -0.3 is 4.74 Å². The van der Waals surface area contributed by atoms with Gasteiger partial charge in [-0.1, -0.05) is 63.1 Å². The highest BCUT2D eigenvalue weighted by Crippen LogP contribution is 2.37. The summed E-state index contributed by atoms with van der Waals surface area (Å²) in [6, 6.07) is 34.6. The second kappa shape index (κ2) is 12.9. The van der Waals surface area contributed by atoms with Crippen LogP contribution in [0.4, 0.5) is 0 Å². The maximum Gasteiger partial charge on any atom is 0.137 e. The number of ether oxygens (including phenoxy) is 1. The molecule has 3 heterocycles. The van der Waals surface area contributed by atoms with Crippen LogP contribution in [0.5, 0.6) is 11.5 Å². The molecule has 0 saturated carbocycles. The number of unbranched alkanes of at least 4 members (excludes halogenated alkanes) is 1. The molecular weight excluding hydrogens is 576 g/mol. The summed E-state index contributed by atoms with van der Waals surface area (Å²) in [6.45, 7) is 10.8. The van der Waals surface area contributed by atoms with Crippen LogP contribution >= 0.6 is 0 Å². The van der Waals surface area contributed by atoms with Gasteiger partial charge in [-0.05, 0) is 111 Å². The molecule has 7 rings (SSSR count). The lowest BCUT2D eigenvalue weighted by Gasteiger charge is -2.13. The van der Waals surface area contributed by atoms with Crippen LogP contribution in [-0.4, -0.2) is 19.3 Å². The summed E-state index contributed by atoms with van der Waals surface area (Å²) < 4.78 is 11.1. The van der Waals surface area contributed by atoms with Gasteiger partial charge in [-0.3, -0.25) is 4.57 Å². The fraction of sp³-hybridized carbons (Fsp3) is 0.238. The average molecular weight is 619 g/mol. The number of aromatic nitrogens is 4. The summed E-state index contributed by atoms with van der Waals surface area (Å²) >= 11 is 0. The lowest BCUT2D eigenvalue weighted by Crippen LogP contribution is -2.02. The number of hydrogen-bond donors (Lipinski definition) is 0. The van der Waals surface area contributed by atoms with Gasteiger partial charge in [0.15, 0.2) is 0 Å². The number of benzene rings is 4. The molecule has 0 atom stereocenters. The Morgan fingerprint density at radius 2 is 1.53 bits per heavy atom. The standard InChI is InChI=1S/C42H42N4O/c1-6-8-13-32-23-34(46-30(5)42(29(4)44-46)33-14-10-9-11-15-33)26-36(24-32)47-35-17-18-37-38-25-31(12-7-2)16-19-39(38)45(40(37)27-35)41-22-28(3)20-21-43-41/h9-11,14-27H,6-8,12-13H2,1-5H3. The van der Waals surface area contributed by atoms with Crippen molar-refractivity contribution < 1.29 is 4.74 Å². The second-order valence-electron chi connectivity index (χ2n) is 12.7. The minimum atomic E-state index is 0.792. The van der Waals surface area contributed by atoms with Crippen molar-refractivity contribution in [1.29, 1.82) is 0 Å². The molecule has 3 aromatic heterocycles. The normalized spacial score (nSPS) is 11.5.